The van der Waals surface area contributed by atoms with E-state index in [1.165, 1.54) is 27.8 Å². The summed E-state index contributed by atoms with van der Waals surface area (Å²) in [5.41, 5.74) is 7.91. The van der Waals surface area contributed by atoms with Crippen molar-refractivity contribution in [3.05, 3.63) is 76.6 Å². The van der Waals surface area contributed by atoms with Crippen LogP contribution in [0.15, 0.2) is 65.5 Å². The summed E-state index contributed by atoms with van der Waals surface area (Å²) in [5, 5.41) is 21.3. The molecule has 1 fully saturated rings. The van der Waals surface area contributed by atoms with E-state index >= 15 is 0 Å². The standard InChI is InChI=1S/C33H33NO3/c1-31-19-28-26-7-5-21(22-4-2-14-34-20-22)16-23(26)18-32-12-9-25(36)17-24(32)6-8-27(30(28)32)29(31)10-13-33(31,37)11-3-15-35/h2,4-5,7,14,16-17,20,28-29,35,37H,6,8-10,12-13,15,18-19H2,1H3/t28-,29+,31+,32-,33+/m1/s1. The van der Waals surface area contributed by atoms with Crippen molar-refractivity contribution >= 4 is 5.78 Å². The average Bonchev–Trinajstić information content (AvgIpc) is 3.18. The van der Waals surface area contributed by atoms with Crippen molar-refractivity contribution in [3.63, 3.8) is 0 Å². The highest BCUT2D eigenvalue weighted by atomic mass is 16.3. The van der Waals surface area contributed by atoms with Crippen molar-refractivity contribution in [1.29, 1.82) is 0 Å². The number of fused-ring (bicyclic) bond motifs is 4. The number of allylic oxidation sites excluding steroid dienone is 4. The van der Waals surface area contributed by atoms with Gasteiger partial charge in [0.25, 0.3) is 0 Å². The maximum atomic E-state index is 12.6. The van der Waals surface area contributed by atoms with Gasteiger partial charge in [-0.05, 0) is 85.3 Å². The van der Waals surface area contributed by atoms with Crippen LogP contribution in [0.1, 0.15) is 68.9 Å². The number of rotatable bonds is 1. The van der Waals surface area contributed by atoms with E-state index in [1.54, 1.807) is 11.8 Å². The second-order valence-corrected chi connectivity index (χ2v) is 12.1. The second-order valence-electron chi connectivity index (χ2n) is 12.1. The first-order valence-corrected chi connectivity index (χ1v) is 13.7. The zero-order valence-corrected chi connectivity index (χ0v) is 21.4. The van der Waals surface area contributed by atoms with Gasteiger partial charge in [-0.2, -0.15) is 0 Å². The Labute approximate surface area is 218 Å². The summed E-state index contributed by atoms with van der Waals surface area (Å²) < 4.78 is 0. The monoisotopic (exact) mass is 491 g/mol. The number of carbonyl (C=O) groups is 1. The van der Waals surface area contributed by atoms with E-state index in [-0.39, 0.29) is 29.1 Å². The Balaban J connectivity index is 1.45. The van der Waals surface area contributed by atoms with E-state index in [0.29, 0.717) is 18.8 Å². The van der Waals surface area contributed by atoms with E-state index in [0.717, 1.165) is 44.1 Å². The highest BCUT2D eigenvalue weighted by Gasteiger charge is 2.64. The van der Waals surface area contributed by atoms with Crippen LogP contribution in [0.25, 0.3) is 11.1 Å². The minimum Gasteiger partial charge on any atom is -0.384 e. The third-order valence-corrected chi connectivity index (χ3v) is 10.6. The lowest BCUT2D eigenvalue weighted by atomic mass is 9.45. The Hall–Kier alpha value is -3.00. The Morgan fingerprint density at radius 3 is 2.84 bits per heavy atom. The number of pyridine rings is 1. The number of aliphatic hydroxyl groups excluding tert-OH is 1. The van der Waals surface area contributed by atoms with Gasteiger partial charge in [0.2, 0.25) is 0 Å². The zero-order valence-electron chi connectivity index (χ0n) is 21.4. The molecule has 7 rings (SSSR count). The highest BCUT2D eigenvalue weighted by Crippen LogP contribution is 2.70. The first kappa shape index (κ1) is 23.1. The number of aliphatic hydroxyl groups is 2. The van der Waals surface area contributed by atoms with Gasteiger partial charge >= 0.3 is 0 Å². The Kier molecular flexibility index (Phi) is 5.00. The zero-order chi connectivity index (χ0) is 25.4. The van der Waals surface area contributed by atoms with Crippen LogP contribution in [0.4, 0.5) is 0 Å². The van der Waals surface area contributed by atoms with Crippen LogP contribution in [-0.2, 0) is 11.2 Å². The number of benzene rings is 1. The SMILES string of the molecule is C[C@]12C[C@H]3C4=C(CCC5=CC(=O)CC[C@@]54Cc4cc(-c5cccnc5)ccc43)[C@@H]1CC[C@@]2(O)C#CCO. The predicted octanol–water partition coefficient (Wildman–Crippen LogP) is 5.30. The first-order chi connectivity index (χ1) is 17.9. The number of carbonyl (C=O) groups excluding carboxylic acids is 1. The van der Waals surface area contributed by atoms with Gasteiger partial charge in [-0.1, -0.05) is 59.7 Å². The number of nitrogens with zero attached hydrogens (tertiary/aromatic N) is 1. The van der Waals surface area contributed by atoms with Crippen LogP contribution in [0, 0.1) is 28.6 Å². The van der Waals surface area contributed by atoms with E-state index in [1.807, 2.05) is 18.3 Å². The second kappa shape index (κ2) is 8.00. The number of ketones is 1. The summed E-state index contributed by atoms with van der Waals surface area (Å²) in [5.74, 6) is 6.67. The summed E-state index contributed by atoms with van der Waals surface area (Å²) in [6.45, 7) is 2.01. The average molecular weight is 492 g/mol. The topological polar surface area (TPSA) is 70.4 Å². The highest BCUT2D eigenvalue weighted by molar-refractivity contribution is 5.92. The van der Waals surface area contributed by atoms with Gasteiger partial charge in [0.15, 0.2) is 5.78 Å². The Bertz CT molecular complexity index is 1440. The molecule has 1 aromatic carbocycles. The number of hydrogen-bond acceptors (Lipinski definition) is 4. The van der Waals surface area contributed by atoms with E-state index < -0.39 is 5.60 Å². The van der Waals surface area contributed by atoms with Crippen LogP contribution in [-0.4, -0.2) is 33.2 Å². The molecular formula is C33H33NO3. The predicted molar refractivity (Wildman–Crippen MR) is 142 cm³/mol. The molecule has 4 nitrogen and oxygen atoms in total. The fourth-order valence-electron chi connectivity index (χ4n) is 8.88. The fourth-order valence-corrected chi connectivity index (χ4v) is 8.88. The van der Waals surface area contributed by atoms with Gasteiger partial charge in [-0.3, -0.25) is 9.78 Å². The van der Waals surface area contributed by atoms with Gasteiger partial charge in [0.05, 0.1) is 0 Å². The quantitative estimate of drug-likeness (QED) is 0.420. The smallest absolute Gasteiger partial charge is 0.155 e. The van der Waals surface area contributed by atoms with Gasteiger partial charge in [-0.15, -0.1) is 0 Å². The van der Waals surface area contributed by atoms with Crippen molar-refractivity contribution in [2.75, 3.05) is 6.61 Å². The Morgan fingerprint density at radius 1 is 1.14 bits per heavy atom. The van der Waals surface area contributed by atoms with Crippen molar-refractivity contribution in [1.82, 2.24) is 4.98 Å². The summed E-state index contributed by atoms with van der Waals surface area (Å²) in [7, 11) is 0. The molecule has 0 unspecified atom stereocenters. The van der Waals surface area contributed by atoms with Crippen molar-refractivity contribution in [3.8, 4) is 23.0 Å². The summed E-state index contributed by atoms with van der Waals surface area (Å²) in [6.07, 6.45) is 12.5. The van der Waals surface area contributed by atoms with Crippen LogP contribution >= 0.6 is 0 Å². The van der Waals surface area contributed by atoms with Crippen LogP contribution in [0.2, 0.25) is 0 Å². The molecule has 0 saturated heterocycles. The molecule has 0 amide bonds. The molecule has 0 bridgehead atoms. The molecule has 1 spiro atoms. The lowest BCUT2D eigenvalue weighted by molar-refractivity contribution is -0.115. The number of hydrogen-bond donors (Lipinski definition) is 2. The normalized spacial score (nSPS) is 35.4. The molecule has 188 valence electrons. The van der Waals surface area contributed by atoms with Gasteiger partial charge in [0.1, 0.15) is 12.2 Å². The lowest BCUT2D eigenvalue weighted by Crippen LogP contribution is -2.52. The molecule has 4 heteroatoms. The molecule has 5 aliphatic rings. The summed E-state index contributed by atoms with van der Waals surface area (Å²) in [4.78, 5) is 16.9. The minimum absolute atomic E-state index is 0.0778. The largest absolute Gasteiger partial charge is 0.384 e. The molecule has 0 aliphatic heterocycles. The van der Waals surface area contributed by atoms with Crippen molar-refractivity contribution < 1.29 is 15.0 Å². The lowest BCUT2D eigenvalue weighted by Gasteiger charge is -2.58. The molecule has 1 aromatic heterocycles. The van der Waals surface area contributed by atoms with Crippen LogP contribution in [0.5, 0.6) is 0 Å². The van der Waals surface area contributed by atoms with Gasteiger partial charge in [0, 0.05) is 35.6 Å². The van der Waals surface area contributed by atoms with Gasteiger partial charge < -0.3 is 10.2 Å². The maximum Gasteiger partial charge on any atom is 0.155 e. The molecule has 2 N–H and O–H groups in total. The Morgan fingerprint density at radius 2 is 2.03 bits per heavy atom. The third kappa shape index (κ3) is 3.11. The van der Waals surface area contributed by atoms with E-state index in [4.69, 9.17) is 0 Å². The fraction of sp³-hybridized carbons (Fsp3) is 0.455. The molecule has 5 atom stereocenters. The molecule has 2 aromatic rings. The van der Waals surface area contributed by atoms with E-state index in [2.05, 4.69) is 48.0 Å². The minimum atomic E-state index is -1.10. The van der Waals surface area contributed by atoms with Gasteiger partial charge in [-0.25, -0.2) is 0 Å². The van der Waals surface area contributed by atoms with Crippen LogP contribution in [0.3, 0.4) is 0 Å². The van der Waals surface area contributed by atoms with Crippen molar-refractivity contribution in [2.45, 2.75) is 69.8 Å². The molecule has 37 heavy (non-hydrogen) atoms. The number of aromatic nitrogens is 1. The molecule has 0 radical (unpaired) electrons. The molecule has 1 heterocycles. The third-order valence-electron chi connectivity index (χ3n) is 10.6. The van der Waals surface area contributed by atoms with Crippen LogP contribution < -0.4 is 0 Å². The summed E-state index contributed by atoms with van der Waals surface area (Å²) >= 11 is 0. The molecule has 5 aliphatic carbocycles. The van der Waals surface area contributed by atoms with Crippen molar-refractivity contribution in [2.24, 2.45) is 16.7 Å². The van der Waals surface area contributed by atoms with E-state index in [9.17, 15) is 15.0 Å². The maximum absolute atomic E-state index is 12.6. The first-order valence-electron chi connectivity index (χ1n) is 13.7. The molecular weight excluding hydrogens is 458 g/mol. The molecule has 1 saturated carbocycles. The summed E-state index contributed by atoms with van der Waals surface area (Å²) in [6, 6.07) is 11.0.